The van der Waals surface area contributed by atoms with E-state index in [2.05, 4.69) is 0 Å². The van der Waals surface area contributed by atoms with Crippen molar-refractivity contribution < 1.29 is 13.6 Å². The first kappa shape index (κ1) is 13.7. The van der Waals surface area contributed by atoms with Gasteiger partial charge in [0.15, 0.2) is 5.78 Å². The number of hydrogen-bond donors (Lipinski definition) is 0. The Kier molecular flexibility index (Phi) is 3.86. The summed E-state index contributed by atoms with van der Waals surface area (Å²) in [5.74, 6) is -0.155. The molecule has 0 spiro atoms. The van der Waals surface area contributed by atoms with Gasteiger partial charge in [0.25, 0.3) is 0 Å². The average Bonchev–Trinajstić information content (AvgIpc) is 2.46. The fraction of sp³-hybridized carbons (Fsp3) is 0.588. The van der Waals surface area contributed by atoms with Gasteiger partial charge >= 0.3 is 0 Å². The molecular weight excluding hydrogens is 258 g/mol. The molecule has 0 radical (unpaired) electrons. The van der Waals surface area contributed by atoms with Gasteiger partial charge in [-0.2, -0.15) is 0 Å². The molecule has 108 valence electrons. The Labute approximate surface area is 118 Å². The number of fused-ring (bicyclic) bond motifs is 1. The summed E-state index contributed by atoms with van der Waals surface area (Å²) in [6.45, 7) is 0. The summed E-state index contributed by atoms with van der Waals surface area (Å²) in [6, 6.07) is 3.27. The van der Waals surface area contributed by atoms with Crippen LogP contribution in [0, 0.1) is 29.4 Å². The molecule has 0 amide bonds. The molecule has 3 heteroatoms. The zero-order chi connectivity index (χ0) is 14.1. The van der Waals surface area contributed by atoms with E-state index >= 15 is 0 Å². The molecule has 2 saturated carbocycles. The molecule has 0 heterocycles. The highest BCUT2D eigenvalue weighted by atomic mass is 19.1. The van der Waals surface area contributed by atoms with Gasteiger partial charge in [-0.25, -0.2) is 8.78 Å². The normalized spacial score (nSPS) is 29.8. The maximum absolute atomic E-state index is 13.7. The summed E-state index contributed by atoms with van der Waals surface area (Å²) in [5.41, 5.74) is 0.0608. The summed E-state index contributed by atoms with van der Waals surface area (Å²) in [7, 11) is 0. The molecule has 3 unspecified atom stereocenters. The first-order valence-electron chi connectivity index (χ1n) is 7.64. The molecule has 3 rings (SSSR count). The second kappa shape index (κ2) is 5.63. The largest absolute Gasteiger partial charge is 0.294 e. The summed E-state index contributed by atoms with van der Waals surface area (Å²) in [6.07, 6.45) is 7.90. The number of rotatable bonds is 2. The Morgan fingerprint density at radius 2 is 1.75 bits per heavy atom. The van der Waals surface area contributed by atoms with Gasteiger partial charge in [0.1, 0.15) is 11.6 Å². The number of Topliss-reactive ketones (excluding diaryl/α,β-unsaturated/α-hetero) is 1. The standard InChI is InChI=1S/C17H20F2O/c18-14-7-8-15(16(19)10-14)17(20)13-6-5-11-3-1-2-4-12(11)9-13/h7-8,10-13H,1-6,9H2. The van der Waals surface area contributed by atoms with E-state index in [4.69, 9.17) is 0 Å². The lowest BCUT2D eigenvalue weighted by Gasteiger charge is -2.38. The van der Waals surface area contributed by atoms with Crippen LogP contribution in [0.4, 0.5) is 8.78 Å². The predicted molar refractivity (Wildman–Crippen MR) is 73.5 cm³/mol. The SMILES string of the molecule is O=C(c1ccc(F)cc1F)C1CCC2CCCCC2C1. The zero-order valence-electron chi connectivity index (χ0n) is 11.6. The van der Waals surface area contributed by atoms with Crippen LogP contribution >= 0.6 is 0 Å². The Balaban J connectivity index is 1.74. The topological polar surface area (TPSA) is 17.1 Å². The minimum Gasteiger partial charge on any atom is -0.294 e. The molecule has 1 nitrogen and oxygen atoms in total. The Hall–Kier alpha value is -1.25. The number of halogens is 2. The minimum atomic E-state index is -0.722. The molecule has 0 N–H and O–H groups in total. The lowest BCUT2D eigenvalue weighted by Crippen LogP contribution is -2.31. The van der Waals surface area contributed by atoms with Crippen LogP contribution in [0.1, 0.15) is 55.3 Å². The number of benzene rings is 1. The molecule has 2 aliphatic rings. The van der Waals surface area contributed by atoms with E-state index in [-0.39, 0.29) is 17.3 Å². The van der Waals surface area contributed by atoms with Crippen LogP contribution in [-0.2, 0) is 0 Å². The van der Waals surface area contributed by atoms with Crippen molar-refractivity contribution in [2.45, 2.75) is 44.9 Å². The number of carbonyl (C=O) groups is 1. The average molecular weight is 278 g/mol. The van der Waals surface area contributed by atoms with E-state index in [1.165, 1.54) is 37.8 Å². The van der Waals surface area contributed by atoms with Crippen LogP contribution in [0.15, 0.2) is 18.2 Å². The lowest BCUT2D eigenvalue weighted by molar-refractivity contribution is 0.0759. The second-order valence-corrected chi connectivity index (χ2v) is 6.30. The second-order valence-electron chi connectivity index (χ2n) is 6.30. The van der Waals surface area contributed by atoms with E-state index in [1.807, 2.05) is 0 Å². The van der Waals surface area contributed by atoms with Crippen LogP contribution in [0.2, 0.25) is 0 Å². The molecule has 0 aromatic heterocycles. The molecule has 0 saturated heterocycles. The summed E-state index contributed by atoms with van der Waals surface area (Å²) >= 11 is 0. The van der Waals surface area contributed by atoms with E-state index in [1.54, 1.807) is 0 Å². The first-order chi connectivity index (χ1) is 9.65. The molecule has 0 aliphatic heterocycles. The van der Waals surface area contributed by atoms with Gasteiger partial charge in [0, 0.05) is 12.0 Å². The number of ketones is 1. The Bertz CT molecular complexity index is 512. The van der Waals surface area contributed by atoms with Crippen LogP contribution in [-0.4, -0.2) is 5.78 Å². The van der Waals surface area contributed by atoms with Crippen LogP contribution in [0.25, 0.3) is 0 Å². The highest BCUT2D eigenvalue weighted by Gasteiger charge is 2.35. The Morgan fingerprint density at radius 1 is 1.00 bits per heavy atom. The molecule has 2 fully saturated rings. The van der Waals surface area contributed by atoms with Gasteiger partial charge in [-0.3, -0.25) is 4.79 Å². The van der Waals surface area contributed by atoms with Gasteiger partial charge < -0.3 is 0 Å². The van der Waals surface area contributed by atoms with Crippen molar-refractivity contribution in [3.05, 3.63) is 35.4 Å². The molecule has 3 atom stereocenters. The third-order valence-corrected chi connectivity index (χ3v) is 5.11. The van der Waals surface area contributed by atoms with Gasteiger partial charge in [0.2, 0.25) is 0 Å². The Morgan fingerprint density at radius 3 is 2.50 bits per heavy atom. The quantitative estimate of drug-likeness (QED) is 0.713. The first-order valence-corrected chi connectivity index (χ1v) is 7.64. The van der Waals surface area contributed by atoms with E-state index in [0.29, 0.717) is 5.92 Å². The van der Waals surface area contributed by atoms with Crippen molar-refractivity contribution in [1.29, 1.82) is 0 Å². The maximum atomic E-state index is 13.7. The van der Waals surface area contributed by atoms with Crippen molar-refractivity contribution in [1.82, 2.24) is 0 Å². The number of hydrogen-bond acceptors (Lipinski definition) is 1. The van der Waals surface area contributed by atoms with Crippen molar-refractivity contribution >= 4 is 5.78 Å². The molecule has 0 bridgehead atoms. The highest BCUT2D eigenvalue weighted by Crippen LogP contribution is 2.43. The van der Waals surface area contributed by atoms with Gasteiger partial charge in [-0.15, -0.1) is 0 Å². The number of carbonyl (C=O) groups excluding carboxylic acids is 1. The summed E-state index contributed by atoms with van der Waals surface area (Å²) in [5, 5.41) is 0. The van der Waals surface area contributed by atoms with Crippen molar-refractivity contribution in [2.75, 3.05) is 0 Å². The third kappa shape index (κ3) is 2.63. The van der Waals surface area contributed by atoms with Crippen molar-refractivity contribution in [3.8, 4) is 0 Å². The minimum absolute atomic E-state index is 0.0608. The fourth-order valence-electron chi connectivity index (χ4n) is 4.02. The lowest BCUT2D eigenvalue weighted by atomic mass is 9.66. The molecule has 20 heavy (non-hydrogen) atoms. The van der Waals surface area contributed by atoms with Gasteiger partial charge in [-0.05, 0) is 43.2 Å². The van der Waals surface area contributed by atoms with Crippen molar-refractivity contribution in [3.63, 3.8) is 0 Å². The zero-order valence-corrected chi connectivity index (χ0v) is 11.6. The maximum Gasteiger partial charge on any atom is 0.168 e. The molecule has 1 aromatic rings. The van der Waals surface area contributed by atoms with E-state index in [0.717, 1.165) is 31.2 Å². The monoisotopic (exact) mass is 278 g/mol. The predicted octanol–water partition coefficient (Wildman–Crippen LogP) is 4.75. The highest BCUT2D eigenvalue weighted by molar-refractivity contribution is 5.98. The van der Waals surface area contributed by atoms with E-state index in [9.17, 15) is 13.6 Å². The van der Waals surface area contributed by atoms with E-state index < -0.39 is 11.6 Å². The van der Waals surface area contributed by atoms with Crippen LogP contribution < -0.4 is 0 Å². The third-order valence-electron chi connectivity index (χ3n) is 5.11. The summed E-state index contributed by atoms with van der Waals surface area (Å²) in [4.78, 5) is 12.4. The van der Waals surface area contributed by atoms with Crippen LogP contribution in [0.3, 0.4) is 0 Å². The summed E-state index contributed by atoms with van der Waals surface area (Å²) < 4.78 is 26.7. The molecule has 1 aromatic carbocycles. The fourth-order valence-corrected chi connectivity index (χ4v) is 4.02. The van der Waals surface area contributed by atoms with Gasteiger partial charge in [-0.1, -0.05) is 25.7 Å². The van der Waals surface area contributed by atoms with Gasteiger partial charge in [0.05, 0.1) is 5.56 Å². The van der Waals surface area contributed by atoms with Crippen molar-refractivity contribution in [2.24, 2.45) is 17.8 Å². The molecule has 2 aliphatic carbocycles. The molecular formula is C17H20F2O. The van der Waals surface area contributed by atoms with Crippen LogP contribution in [0.5, 0.6) is 0 Å². The smallest absolute Gasteiger partial charge is 0.168 e.